The van der Waals surface area contributed by atoms with E-state index in [1.165, 1.54) is 0 Å². The number of aliphatic hydroxyl groups excluding tert-OH is 4. The molecule has 3 saturated carbocycles. The van der Waals surface area contributed by atoms with E-state index in [0.717, 1.165) is 77.4 Å². The standard InChI is InChI=1S/C48H81N5O9/c1-5-26(22-50-6-2)47(59)61-37-20-34-43(58)41-36(57)19-31(23-54)60-45(41)42-40-32-14-15-52-46(49)39(32)28(10-9-27-11-12-30(56)18-33(27)35(40)24-55)17-29(48(37,4)62-44(34)42)16-25-8-13-38(51-7-3)53-21-25/h5,25,27-35,37-46,50-56,58H,6-24,49H2,1-4H3. The van der Waals surface area contributed by atoms with E-state index in [0.29, 0.717) is 43.3 Å². The van der Waals surface area contributed by atoms with E-state index >= 15 is 0 Å². The van der Waals surface area contributed by atoms with Crippen molar-refractivity contribution in [3.8, 4) is 0 Å². The topological polar surface area (TPSA) is 217 Å². The van der Waals surface area contributed by atoms with Crippen LogP contribution in [-0.2, 0) is 23.8 Å². The van der Waals surface area contributed by atoms with Gasteiger partial charge in [0.15, 0.2) is 0 Å². The summed E-state index contributed by atoms with van der Waals surface area (Å²) in [4.78, 5) is 28.8. The van der Waals surface area contributed by atoms with Crippen molar-refractivity contribution in [1.29, 1.82) is 0 Å². The number of nitrogens with two attached hydrogens (primary N) is 1. The Hall–Kier alpha value is -1.56. The first-order valence-electron chi connectivity index (χ1n) is 24.9. The summed E-state index contributed by atoms with van der Waals surface area (Å²) in [7, 11) is 0. The fourth-order valence-electron chi connectivity index (χ4n) is 15.1. The number of ether oxygens (including phenoxy) is 3. The van der Waals surface area contributed by atoms with Crippen LogP contribution in [0.1, 0.15) is 105 Å². The Morgan fingerprint density at radius 1 is 0.919 bits per heavy atom. The minimum absolute atomic E-state index is 0.00490. The summed E-state index contributed by atoms with van der Waals surface area (Å²) in [5.41, 5.74) is 6.91. The SMILES string of the molecule is CC=C(CNCC)C(=O)OC1CC2C(O)C3C(=O)CC(CO)OC3C3C2OC1(C)C(CC1CCC(NCC)NC1)CC1CCC2CCC(O)CC2C(CO)C3C2CCNC(N)C12. The van der Waals surface area contributed by atoms with Crippen molar-refractivity contribution >= 4 is 11.8 Å². The zero-order valence-electron chi connectivity index (χ0n) is 38.0. The molecule has 0 aromatic heterocycles. The maximum absolute atomic E-state index is 14.4. The Balaban J connectivity index is 1.31. The molecule has 0 amide bonds. The van der Waals surface area contributed by atoms with Gasteiger partial charge in [-0.25, -0.2) is 4.79 Å². The molecule has 3 aliphatic carbocycles. The van der Waals surface area contributed by atoms with Crippen LogP contribution in [-0.4, -0.2) is 133 Å². The molecule has 8 fully saturated rings. The monoisotopic (exact) mass is 872 g/mol. The number of piperidine rings is 2. The van der Waals surface area contributed by atoms with Crippen LogP contribution < -0.4 is 27.0 Å². The zero-order chi connectivity index (χ0) is 43.9. The number of Topliss-reactive ketones (excluding diaryl/α,β-unsaturated/α-hetero) is 1. The van der Waals surface area contributed by atoms with E-state index in [-0.39, 0.29) is 79.2 Å². The lowest BCUT2D eigenvalue weighted by Gasteiger charge is -2.63. The molecular formula is C48H81N5O9. The number of hydrogen-bond acceptors (Lipinski definition) is 14. The first kappa shape index (κ1) is 47.0. The van der Waals surface area contributed by atoms with Crippen LogP contribution in [0.5, 0.6) is 0 Å². The van der Waals surface area contributed by atoms with Crippen molar-refractivity contribution in [2.45, 2.75) is 159 Å². The Labute approximate surface area is 370 Å². The van der Waals surface area contributed by atoms with Crippen molar-refractivity contribution in [3.63, 3.8) is 0 Å². The Bertz CT molecular complexity index is 1560. The van der Waals surface area contributed by atoms with E-state index in [1.54, 1.807) is 0 Å². The molecule has 4 bridgehead atoms. The molecule has 352 valence electrons. The average Bonchev–Trinajstić information content (AvgIpc) is 3.31. The molecule has 21 unspecified atom stereocenters. The predicted octanol–water partition coefficient (Wildman–Crippen LogP) is 2.21. The second-order valence-corrected chi connectivity index (χ2v) is 21.1. The highest BCUT2D eigenvalue weighted by Crippen LogP contribution is 2.61. The first-order valence-corrected chi connectivity index (χ1v) is 24.9. The van der Waals surface area contributed by atoms with Gasteiger partial charge in [0, 0.05) is 37.0 Å². The number of carbonyl (C=O) groups excluding carboxylic acids is 2. The summed E-state index contributed by atoms with van der Waals surface area (Å²) in [6.07, 6.45) is 6.49. The van der Waals surface area contributed by atoms with Gasteiger partial charge in [-0.05, 0) is 164 Å². The van der Waals surface area contributed by atoms with Gasteiger partial charge in [0.25, 0.3) is 0 Å². The number of ketones is 1. The molecule has 14 heteroatoms. The highest BCUT2D eigenvalue weighted by Gasteiger charge is 2.67. The summed E-state index contributed by atoms with van der Waals surface area (Å²) in [5.74, 6) is -1.92. The number of rotatable bonds is 11. The van der Waals surface area contributed by atoms with Gasteiger partial charge in [0.1, 0.15) is 17.5 Å². The van der Waals surface area contributed by atoms with Crippen LogP contribution in [0, 0.1) is 71.0 Å². The minimum Gasteiger partial charge on any atom is -0.456 e. The third kappa shape index (κ3) is 8.99. The fraction of sp³-hybridized carbons (Fsp3) is 0.917. The van der Waals surface area contributed by atoms with E-state index in [9.17, 15) is 30.0 Å². The number of hydrogen-bond donors (Lipinski definition) is 9. The largest absolute Gasteiger partial charge is 0.456 e. The third-order valence-corrected chi connectivity index (χ3v) is 18.1. The van der Waals surface area contributed by atoms with Crippen LogP contribution in [0.25, 0.3) is 0 Å². The van der Waals surface area contributed by atoms with Crippen LogP contribution in [0.4, 0.5) is 0 Å². The number of carbonyl (C=O) groups is 2. The van der Waals surface area contributed by atoms with Crippen LogP contribution >= 0.6 is 0 Å². The number of allylic oxidation sites excluding steroid dienone is 1. The van der Waals surface area contributed by atoms with Crippen molar-refractivity contribution in [2.75, 3.05) is 45.9 Å². The lowest BCUT2D eigenvalue weighted by molar-refractivity contribution is -0.311. The quantitative estimate of drug-likeness (QED) is 0.108. The lowest BCUT2D eigenvalue weighted by Crippen LogP contribution is -2.72. The van der Waals surface area contributed by atoms with Crippen molar-refractivity contribution in [3.05, 3.63) is 11.6 Å². The van der Waals surface area contributed by atoms with Gasteiger partial charge < -0.3 is 61.6 Å². The van der Waals surface area contributed by atoms with Gasteiger partial charge in [-0.2, -0.15) is 0 Å². The maximum Gasteiger partial charge on any atom is 0.335 e. The molecule has 62 heavy (non-hydrogen) atoms. The fourth-order valence-corrected chi connectivity index (χ4v) is 15.1. The lowest BCUT2D eigenvalue weighted by atomic mass is 9.50. The molecular weight excluding hydrogens is 791 g/mol. The zero-order valence-corrected chi connectivity index (χ0v) is 38.0. The molecule has 0 radical (unpaired) electrons. The average molecular weight is 872 g/mol. The third-order valence-electron chi connectivity index (χ3n) is 18.1. The molecule has 8 rings (SSSR count). The van der Waals surface area contributed by atoms with Crippen molar-refractivity contribution < 1.29 is 44.2 Å². The molecule has 5 heterocycles. The van der Waals surface area contributed by atoms with Gasteiger partial charge in [0.2, 0.25) is 0 Å². The van der Waals surface area contributed by atoms with Gasteiger partial charge in [-0.15, -0.1) is 0 Å². The van der Waals surface area contributed by atoms with E-state index in [2.05, 4.69) is 35.1 Å². The Morgan fingerprint density at radius 2 is 1.71 bits per heavy atom. The van der Waals surface area contributed by atoms with Crippen LogP contribution in [0.2, 0.25) is 0 Å². The molecule has 21 atom stereocenters. The summed E-state index contributed by atoms with van der Waals surface area (Å²) >= 11 is 0. The maximum atomic E-state index is 14.4. The molecule has 8 aliphatic rings. The molecule has 0 aromatic rings. The molecule has 0 spiro atoms. The second kappa shape index (κ2) is 20.1. The van der Waals surface area contributed by atoms with Crippen LogP contribution in [0.15, 0.2) is 11.6 Å². The highest BCUT2D eigenvalue weighted by atomic mass is 16.6. The highest BCUT2D eigenvalue weighted by molar-refractivity contribution is 5.89. The minimum atomic E-state index is -1.12. The molecule has 0 aromatic carbocycles. The van der Waals surface area contributed by atoms with Gasteiger partial charge in [-0.1, -0.05) is 19.9 Å². The van der Waals surface area contributed by atoms with E-state index < -0.39 is 65.9 Å². The number of likely N-dealkylation sites (N-methyl/N-ethyl adjacent to an activating group) is 1. The van der Waals surface area contributed by atoms with Crippen LogP contribution in [0.3, 0.4) is 0 Å². The summed E-state index contributed by atoms with van der Waals surface area (Å²) in [6, 6.07) is 0. The second-order valence-electron chi connectivity index (χ2n) is 21.1. The van der Waals surface area contributed by atoms with Crippen molar-refractivity contribution in [1.82, 2.24) is 21.3 Å². The molecule has 10 N–H and O–H groups in total. The predicted molar refractivity (Wildman–Crippen MR) is 234 cm³/mol. The van der Waals surface area contributed by atoms with E-state index in [4.69, 9.17) is 19.9 Å². The number of esters is 1. The molecule has 5 saturated heterocycles. The van der Waals surface area contributed by atoms with E-state index in [1.807, 2.05) is 19.9 Å². The number of aliphatic hydroxyl groups is 4. The summed E-state index contributed by atoms with van der Waals surface area (Å²) in [6.45, 7) is 11.3. The normalized spacial score (nSPS) is 48.4. The Morgan fingerprint density at radius 3 is 2.42 bits per heavy atom. The van der Waals surface area contributed by atoms with Gasteiger partial charge >= 0.3 is 5.97 Å². The van der Waals surface area contributed by atoms with Gasteiger partial charge in [0.05, 0.1) is 55.4 Å². The smallest absolute Gasteiger partial charge is 0.335 e. The van der Waals surface area contributed by atoms with Gasteiger partial charge in [-0.3, -0.25) is 4.79 Å². The number of nitrogens with one attached hydrogen (secondary N) is 4. The Kier molecular flexibility index (Phi) is 15.2. The molecule has 14 nitrogen and oxygen atoms in total. The summed E-state index contributed by atoms with van der Waals surface area (Å²) in [5, 5.41) is 60.8. The molecule has 5 aliphatic heterocycles. The number of fused-ring (bicyclic) bond motifs is 5. The summed E-state index contributed by atoms with van der Waals surface area (Å²) < 4.78 is 21.6. The van der Waals surface area contributed by atoms with Crippen molar-refractivity contribution in [2.24, 2.45) is 76.7 Å². The first-order chi connectivity index (χ1) is 29.9.